The minimum absolute atomic E-state index is 0.00203. The molecule has 0 heterocycles. The Hall–Kier alpha value is -2.33. The first-order chi connectivity index (χ1) is 22.1. The van der Waals surface area contributed by atoms with Gasteiger partial charge in [-0.3, -0.25) is 29.3 Å². The minimum Gasteiger partial charge on any atom is -0.480 e. The Morgan fingerprint density at radius 3 is 1.62 bits per heavy atom. The van der Waals surface area contributed by atoms with Gasteiger partial charge in [-0.25, -0.2) is 0 Å². The number of carboxylic acids is 1. The van der Waals surface area contributed by atoms with Gasteiger partial charge in [-0.2, -0.15) is 0 Å². The largest absolute Gasteiger partial charge is 0.480 e. The van der Waals surface area contributed by atoms with Gasteiger partial charge in [-0.1, -0.05) is 20.8 Å². The van der Waals surface area contributed by atoms with Crippen molar-refractivity contribution in [3.8, 4) is 0 Å². The third kappa shape index (κ3) is 29.5. The van der Waals surface area contributed by atoms with Crippen LogP contribution in [-0.2, 0) is 52.4 Å². The molecule has 14 heteroatoms. The second kappa shape index (κ2) is 26.6. The second-order valence-electron chi connectivity index (χ2n) is 13.1. The van der Waals surface area contributed by atoms with Crippen molar-refractivity contribution in [2.75, 3.05) is 85.8 Å². The SMILES string of the molecule is CC(C)(C)NC(CCC(=O)CCCOCCOCC(=O)NCCOCCOCC(=O)CCCOCCOCC(=O)C(C)(C)C)C(=O)O. The van der Waals surface area contributed by atoms with Crippen molar-refractivity contribution in [2.45, 2.75) is 91.6 Å². The maximum absolute atomic E-state index is 12.1. The van der Waals surface area contributed by atoms with Crippen molar-refractivity contribution < 1.29 is 57.5 Å². The van der Waals surface area contributed by atoms with Crippen LogP contribution >= 0.6 is 0 Å². The number of nitrogens with one attached hydrogen (secondary N) is 2. The van der Waals surface area contributed by atoms with E-state index in [2.05, 4.69) is 10.6 Å². The average molecular weight is 677 g/mol. The molecule has 3 N–H and O–H groups in total. The van der Waals surface area contributed by atoms with Crippen LogP contribution in [0.5, 0.6) is 0 Å². The van der Waals surface area contributed by atoms with E-state index < -0.39 is 17.4 Å². The molecular weight excluding hydrogens is 616 g/mol. The van der Waals surface area contributed by atoms with Crippen LogP contribution in [0.15, 0.2) is 0 Å². The molecule has 0 aromatic heterocycles. The molecular formula is C33H60N2O12. The smallest absolute Gasteiger partial charge is 0.320 e. The summed E-state index contributed by atoms with van der Waals surface area (Å²) in [6, 6.07) is -0.763. The second-order valence-corrected chi connectivity index (χ2v) is 13.1. The highest BCUT2D eigenvalue weighted by molar-refractivity contribution is 5.84. The monoisotopic (exact) mass is 676 g/mol. The molecule has 0 bridgehead atoms. The van der Waals surface area contributed by atoms with Crippen LogP contribution in [0.25, 0.3) is 0 Å². The van der Waals surface area contributed by atoms with Gasteiger partial charge in [0.1, 0.15) is 31.6 Å². The van der Waals surface area contributed by atoms with E-state index in [4.69, 9.17) is 28.4 Å². The summed E-state index contributed by atoms with van der Waals surface area (Å²) in [4.78, 5) is 58.8. The van der Waals surface area contributed by atoms with Gasteiger partial charge in [0.25, 0.3) is 0 Å². The van der Waals surface area contributed by atoms with Crippen molar-refractivity contribution in [3.05, 3.63) is 0 Å². The summed E-state index contributed by atoms with van der Waals surface area (Å²) in [6.07, 6.45) is 2.20. The van der Waals surface area contributed by atoms with Gasteiger partial charge in [0.15, 0.2) is 11.6 Å². The van der Waals surface area contributed by atoms with Crippen LogP contribution < -0.4 is 10.6 Å². The Bertz CT molecular complexity index is 899. The van der Waals surface area contributed by atoms with Crippen LogP contribution in [0.2, 0.25) is 0 Å². The van der Waals surface area contributed by atoms with E-state index in [9.17, 15) is 29.1 Å². The van der Waals surface area contributed by atoms with Crippen molar-refractivity contribution in [1.82, 2.24) is 10.6 Å². The van der Waals surface area contributed by atoms with Gasteiger partial charge < -0.3 is 38.8 Å². The molecule has 1 amide bonds. The number of Topliss-reactive ketones (excluding diaryl/α,β-unsaturated/α-hetero) is 3. The van der Waals surface area contributed by atoms with Crippen LogP contribution in [-0.4, -0.2) is 132 Å². The number of aliphatic carboxylic acids is 1. The topological polar surface area (TPSA) is 185 Å². The van der Waals surface area contributed by atoms with Gasteiger partial charge >= 0.3 is 5.97 Å². The lowest BCUT2D eigenvalue weighted by molar-refractivity contribution is -0.140. The summed E-state index contributed by atoms with van der Waals surface area (Å²) in [5.41, 5.74) is -0.771. The van der Waals surface area contributed by atoms with E-state index >= 15 is 0 Å². The fourth-order valence-electron chi connectivity index (χ4n) is 3.73. The van der Waals surface area contributed by atoms with E-state index in [1.165, 1.54) is 0 Å². The molecule has 0 aliphatic rings. The predicted octanol–water partition coefficient (Wildman–Crippen LogP) is 2.14. The van der Waals surface area contributed by atoms with Crippen LogP contribution in [0.1, 0.15) is 80.1 Å². The number of carbonyl (C=O) groups excluding carboxylic acids is 4. The van der Waals surface area contributed by atoms with Gasteiger partial charge in [0, 0.05) is 50.0 Å². The fraction of sp³-hybridized carbons (Fsp3) is 0.848. The Kier molecular flexibility index (Phi) is 25.3. The number of rotatable bonds is 31. The number of ketones is 3. The minimum atomic E-state index is -0.966. The molecule has 0 aromatic carbocycles. The quantitative estimate of drug-likeness (QED) is 0.0909. The highest BCUT2D eigenvalue weighted by Gasteiger charge is 2.24. The standard InChI is InChI=1S/C33H60N2O12/c1-32(2,3)29(38)24-46-21-17-43-15-8-10-27(37)23-45-20-19-44-16-13-34-30(39)25-47-22-18-42-14-7-9-26(36)11-12-28(31(40)41)35-33(4,5)6/h28,35H,7-25H2,1-6H3,(H,34,39)(H,40,41). The highest BCUT2D eigenvalue weighted by atomic mass is 16.5. The molecule has 14 nitrogen and oxygen atoms in total. The van der Waals surface area contributed by atoms with Gasteiger partial charge in [-0.05, 0) is 40.0 Å². The number of ether oxygens (including phenoxy) is 6. The van der Waals surface area contributed by atoms with Crippen molar-refractivity contribution in [3.63, 3.8) is 0 Å². The molecule has 0 rings (SSSR count). The van der Waals surface area contributed by atoms with Crippen molar-refractivity contribution >= 4 is 29.2 Å². The first-order valence-electron chi connectivity index (χ1n) is 16.4. The number of amides is 1. The van der Waals surface area contributed by atoms with Crippen LogP contribution in [0.3, 0.4) is 0 Å². The Balaban J connectivity index is 3.52. The first-order valence-corrected chi connectivity index (χ1v) is 16.4. The Morgan fingerprint density at radius 2 is 1.09 bits per heavy atom. The lowest BCUT2D eigenvalue weighted by Gasteiger charge is -2.25. The van der Waals surface area contributed by atoms with Gasteiger partial charge in [0.2, 0.25) is 5.91 Å². The molecule has 1 unspecified atom stereocenters. The zero-order valence-electron chi connectivity index (χ0n) is 29.5. The molecule has 0 spiro atoms. The van der Waals surface area contributed by atoms with Gasteiger partial charge in [-0.15, -0.1) is 0 Å². The summed E-state index contributed by atoms with van der Waals surface area (Å²) >= 11 is 0. The number of carboxylic acid groups (broad SMARTS) is 1. The van der Waals surface area contributed by atoms with Crippen LogP contribution in [0, 0.1) is 5.41 Å². The molecule has 0 aliphatic carbocycles. The first kappa shape index (κ1) is 44.7. The van der Waals surface area contributed by atoms with E-state index in [-0.39, 0.29) is 81.3 Å². The molecule has 47 heavy (non-hydrogen) atoms. The maximum atomic E-state index is 12.1. The van der Waals surface area contributed by atoms with E-state index in [0.29, 0.717) is 71.9 Å². The molecule has 0 radical (unpaired) electrons. The molecule has 0 aromatic rings. The summed E-state index contributed by atoms with van der Waals surface area (Å²) < 4.78 is 32.1. The summed E-state index contributed by atoms with van der Waals surface area (Å²) in [5.74, 6) is -1.24. The number of hydrogen-bond acceptors (Lipinski definition) is 12. The van der Waals surface area contributed by atoms with E-state index in [0.717, 1.165) is 0 Å². The Morgan fingerprint density at radius 1 is 0.596 bits per heavy atom. The summed E-state index contributed by atoms with van der Waals surface area (Å²) in [7, 11) is 0. The molecule has 274 valence electrons. The molecule has 0 saturated heterocycles. The molecule has 1 atom stereocenters. The maximum Gasteiger partial charge on any atom is 0.320 e. The van der Waals surface area contributed by atoms with Crippen LogP contribution in [0.4, 0.5) is 0 Å². The lowest BCUT2D eigenvalue weighted by atomic mass is 9.91. The van der Waals surface area contributed by atoms with Gasteiger partial charge in [0.05, 0.1) is 46.2 Å². The zero-order valence-corrected chi connectivity index (χ0v) is 29.5. The lowest BCUT2D eigenvalue weighted by Crippen LogP contribution is -2.47. The third-order valence-electron chi connectivity index (χ3n) is 6.36. The molecule has 0 saturated carbocycles. The number of hydrogen-bond donors (Lipinski definition) is 3. The van der Waals surface area contributed by atoms with E-state index in [1.54, 1.807) is 0 Å². The predicted molar refractivity (Wildman–Crippen MR) is 174 cm³/mol. The normalized spacial score (nSPS) is 12.6. The van der Waals surface area contributed by atoms with Crippen molar-refractivity contribution in [1.29, 1.82) is 0 Å². The van der Waals surface area contributed by atoms with E-state index in [1.807, 2.05) is 41.5 Å². The average Bonchev–Trinajstić information content (AvgIpc) is 2.97. The van der Waals surface area contributed by atoms with Crippen molar-refractivity contribution in [2.24, 2.45) is 5.41 Å². The molecule has 0 aliphatic heterocycles. The Labute approximate surface area is 280 Å². The zero-order chi connectivity index (χ0) is 35.6. The fourth-order valence-corrected chi connectivity index (χ4v) is 3.73. The summed E-state index contributed by atoms with van der Waals surface area (Å²) in [5, 5.41) is 15.0. The highest BCUT2D eigenvalue weighted by Crippen LogP contribution is 2.14. The number of carbonyl (C=O) groups is 5. The summed E-state index contributed by atoms with van der Waals surface area (Å²) in [6.45, 7) is 14.3. The molecule has 0 fully saturated rings. The third-order valence-corrected chi connectivity index (χ3v) is 6.36.